The first-order valence-electron chi connectivity index (χ1n) is 8.09. The van der Waals surface area contributed by atoms with Crippen molar-refractivity contribution in [1.29, 1.82) is 0 Å². The van der Waals surface area contributed by atoms with E-state index >= 15 is 0 Å². The van der Waals surface area contributed by atoms with Crippen LogP contribution in [-0.4, -0.2) is 43.8 Å². The van der Waals surface area contributed by atoms with Gasteiger partial charge in [-0.3, -0.25) is 4.79 Å². The van der Waals surface area contributed by atoms with Gasteiger partial charge in [-0.2, -0.15) is 0 Å². The van der Waals surface area contributed by atoms with E-state index in [4.69, 9.17) is 16.1 Å². The van der Waals surface area contributed by atoms with Crippen LogP contribution in [-0.2, 0) is 4.79 Å². The zero-order valence-electron chi connectivity index (χ0n) is 13.9. The van der Waals surface area contributed by atoms with Gasteiger partial charge in [-0.25, -0.2) is 0 Å². The maximum Gasteiger partial charge on any atom is 0.280 e. The Kier molecular flexibility index (Phi) is 5.06. The predicted molar refractivity (Wildman–Crippen MR) is 93.8 cm³/mol. The van der Waals surface area contributed by atoms with E-state index in [0.717, 1.165) is 31.2 Å². The Bertz CT molecular complexity index is 723. The monoisotopic (exact) mass is 349 g/mol. The number of carbonyl (C=O) groups is 1. The Morgan fingerprint density at radius 2 is 2.08 bits per heavy atom. The number of aromatic nitrogens is 1. The molecule has 24 heavy (non-hydrogen) atoms. The molecule has 1 aromatic carbocycles. The third-order valence-corrected chi connectivity index (χ3v) is 4.52. The molecule has 1 fully saturated rings. The van der Waals surface area contributed by atoms with Gasteiger partial charge in [0.2, 0.25) is 0 Å². The summed E-state index contributed by atoms with van der Waals surface area (Å²) in [5.74, 6) is 1.12. The summed E-state index contributed by atoms with van der Waals surface area (Å²) < 4.78 is 4.95. The molecule has 1 aromatic heterocycles. The van der Waals surface area contributed by atoms with E-state index in [0.29, 0.717) is 18.1 Å². The van der Waals surface area contributed by atoms with Crippen LogP contribution in [0.15, 0.2) is 28.8 Å². The summed E-state index contributed by atoms with van der Waals surface area (Å²) in [6.45, 7) is 7.98. The Balaban J connectivity index is 1.51. The van der Waals surface area contributed by atoms with Crippen LogP contribution < -0.4 is 15.1 Å². The number of quaternary nitrogens is 1. The van der Waals surface area contributed by atoms with Crippen molar-refractivity contribution in [3.05, 3.63) is 40.6 Å². The molecule has 0 aliphatic carbocycles. The lowest BCUT2D eigenvalue weighted by Crippen LogP contribution is -3.15. The van der Waals surface area contributed by atoms with Crippen molar-refractivity contribution < 1.29 is 14.2 Å². The number of nitrogens with zero attached hydrogens (tertiary/aromatic N) is 2. The fourth-order valence-corrected chi connectivity index (χ4v) is 3.17. The largest absolute Gasteiger partial charge is 0.360 e. The van der Waals surface area contributed by atoms with E-state index in [1.165, 1.54) is 16.2 Å². The lowest BCUT2D eigenvalue weighted by Gasteiger charge is -2.34. The molecule has 0 saturated carbocycles. The molecule has 0 spiro atoms. The number of nitrogens with one attached hydrogen (secondary N) is 2. The molecule has 0 unspecified atom stereocenters. The minimum atomic E-state index is -0.0364. The average molecular weight is 350 g/mol. The van der Waals surface area contributed by atoms with Crippen LogP contribution >= 0.6 is 11.6 Å². The minimum Gasteiger partial charge on any atom is -0.360 e. The van der Waals surface area contributed by atoms with Gasteiger partial charge in [0.05, 0.1) is 26.2 Å². The Hall–Kier alpha value is -2.05. The van der Waals surface area contributed by atoms with Gasteiger partial charge in [-0.05, 0) is 31.5 Å². The molecule has 7 heteroatoms. The standard InChI is InChI=1S/C17H21ClN4O2/c1-12-3-4-14(18)10-15(12)22-7-5-21(6-8-22)11-17(23)19-16-9-13(2)24-20-16/h3-4,9-10H,5-8,11H2,1-2H3,(H,19,20,23)/p+1. The second-order valence-corrected chi connectivity index (χ2v) is 6.65. The van der Waals surface area contributed by atoms with Crippen LogP contribution in [0.25, 0.3) is 0 Å². The van der Waals surface area contributed by atoms with Gasteiger partial charge >= 0.3 is 0 Å². The molecule has 6 nitrogen and oxygen atoms in total. The molecule has 2 aromatic rings. The zero-order chi connectivity index (χ0) is 17.1. The number of hydrogen-bond donors (Lipinski definition) is 2. The first-order chi connectivity index (χ1) is 11.5. The third kappa shape index (κ3) is 4.07. The highest BCUT2D eigenvalue weighted by atomic mass is 35.5. The summed E-state index contributed by atoms with van der Waals surface area (Å²) >= 11 is 6.11. The second kappa shape index (κ2) is 7.23. The maximum absolute atomic E-state index is 12.1. The molecule has 2 heterocycles. The van der Waals surface area contributed by atoms with E-state index in [1.54, 1.807) is 13.0 Å². The Morgan fingerprint density at radius 3 is 2.75 bits per heavy atom. The van der Waals surface area contributed by atoms with Gasteiger partial charge in [0, 0.05) is 16.8 Å². The fraction of sp³-hybridized carbons (Fsp3) is 0.412. The summed E-state index contributed by atoms with van der Waals surface area (Å²) in [6, 6.07) is 7.69. The topological polar surface area (TPSA) is 62.8 Å². The van der Waals surface area contributed by atoms with Crippen LogP contribution in [0.2, 0.25) is 5.02 Å². The van der Waals surface area contributed by atoms with Crippen LogP contribution in [0.3, 0.4) is 0 Å². The van der Waals surface area contributed by atoms with E-state index in [-0.39, 0.29) is 5.91 Å². The van der Waals surface area contributed by atoms with E-state index < -0.39 is 0 Å². The molecular weight excluding hydrogens is 328 g/mol. The Morgan fingerprint density at radius 1 is 1.33 bits per heavy atom. The van der Waals surface area contributed by atoms with Crippen molar-refractivity contribution in [3.63, 3.8) is 0 Å². The lowest BCUT2D eigenvalue weighted by molar-refractivity contribution is -0.892. The van der Waals surface area contributed by atoms with Crippen molar-refractivity contribution in [2.24, 2.45) is 0 Å². The fourth-order valence-electron chi connectivity index (χ4n) is 3.00. The van der Waals surface area contributed by atoms with Crippen molar-refractivity contribution >= 4 is 29.0 Å². The zero-order valence-corrected chi connectivity index (χ0v) is 14.7. The smallest absolute Gasteiger partial charge is 0.280 e. The van der Waals surface area contributed by atoms with Gasteiger partial charge in [0.25, 0.3) is 5.91 Å². The van der Waals surface area contributed by atoms with Gasteiger partial charge in [0.1, 0.15) is 5.76 Å². The van der Waals surface area contributed by atoms with E-state index in [9.17, 15) is 4.79 Å². The molecule has 2 N–H and O–H groups in total. The summed E-state index contributed by atoms with van der Waals surface area (Å²) in [4.78, 5) is 15.7. The maximum atomic E-state index is 12.1. The number of amides is 1. The molecule has 1 aliphatic rings. The number of halogens is 1. The summed E-state index contributed by atoms with van der Waals surface area (Å²) in [5, 5.41) is 7.31. The average Bonchev–Trinajstić information content (AvgIpc) is 2.95. The molecule has 0 atom stereocenters. The number of benzene rings is 1. The van der Waals surface area contributed by atoms with E-state index in [2.05, 4.69) is 22.3 Å². The number of rotatable bonds is 4. The van der Waals surface area contributed by atoms with Gasteiger partial charge in [0.15, 0.2) is 12.4 Å². The van der Waals surface area contributed by atoms with Gasteiger partial charge in [-0.15, -0.1) is 0 Å². The summed E-state index contributed by atoms with van der Waals surface area (Å²) in [7, 11) is 0. The van der Waals surface area contributed by atoms with Crippen molar-refractivity contribution in [1.82, 2.24) is 5.16 Å². The molecule has 1 saturated heterocycles. The van der Waals surface area contributed by atoms with Crippen LogP contribution in [0.1, 0.15) is 11.3 Å². The summed E-state index contributed by atoms with van der Waals surface area (Å²) in [6.07, 6.45) is 0. The van der Waals surface area contributed by atoms with Crippen molar-refractivity contribution in [2.75, 3.05) is 42.9 Å². The van der Waals surface area contributed by atoms with Crippen molar-refractivity contribution in [3.8, 4) is 0 Å². The normalized spacial score (nSPS) is 15.5. The first kappa shape index (κ1) is 16.8. The number of piperazine rings is 1. The van der Waals surface area contributed by atoms with Crippen molar-refractivity contribution in [2.45, 2.75) is 13.8 Å². The molecule has 3 rings (SSSR count). The van der Waals surface area contributed by atoms with E-state index in [1.807, 2.05) is 18.2 Å². The second-order valence-electron chi connectivity index (χ2n) is 6.22. The predicted octanol–water partition coefficient (Wildman–Crippen LogP) is 1.29. The quantitative estimate of drug-likeness (QED) is 0.873. The molecule has 1 amide bonds. The van der Waals surface area contributed by atoms with Crippen LogP contribution in [0.5, 0.6) is 0 Å². The highest BCUT2D eigenvalue weighted by Crippen LogP contribution is 2.24. The highest BCUT2D eigenvalue weighted by molar-refractivity contribution is 6.30. The number of hydrogen-bond acceptors (Lipinski definition) is 4. The first-order valence-corrected chi connectivity index (χ1v) is 8.47. The molecular formula is C17H22ClN4O2+. The highest BCUT2D eigenvalue weighted by Gasteiger charge is 2.23. The number of aryl methyl sites for hydroxylation is 2. The summed E-state index contributed by atoms with van der Waals surface area (Å²) in [5.41, 5.74) is 2.41. The molecule has 1 aliphatic heterocycles. The van der Waals surface area contributed by atoms with Gasteiger partial charge < -0.3 is 19.6 Å². The van der Waals surface area contributed by atoms with Crippen LogP contribution in [0, 0.1) is 13.8 Å². The third-order valence-electron chi connectivity index (χ3n) is 4.29. The number of carbonyl (C=O) groups excluding carboxylic acids is 1. The number of anilines is 2. The lowest BCUT2D eigenvalue weighted by atomic mass is 10.1. The van der Waals surface area contributed by atoms with Crippen LogP contribution in [0.4, 0.5) is 11.5 Å². The molecule has 0 radical (unpaired) electrons. The molecule has 128 valence electrons. The minimum absolute atomic E-state index is 0.0364. The Labute approximate surface area is 146 Å². The molecule has 0 bridgehead atoms. The SMILES string of the molecule is Cc1cc(NC(=O)C[NH+]2CCN(c3cc(Cl)ccc3C)CC2)no1. The van der Waals surface area contributed by atoms with Gasteiger partial charge in [-0.1, -0.05) is 22.8 Å².